The van der Waals surface area contributed by atoms with Gasteiger partial charge in [-0.25, -0.2) is 0 Å². The van der Waals surface area contributed by atoms with Crippen molar-refractivity contribution >= 4 is 21.5 Å². The zero-order chi connectivity index (χ0) is 30.3. The first-order chi connectivity index (χ1) is 19.2. The van der Waals surface area contributed by atoms with Crippen molar-refractivity contribution < 1.29 is 53.3 Å². The number of nitrogens with one attached hydrogen (secondary N) is 1. The molecule has 8 nitrogen and oxygen atoms in total. The van der Waals surface area contributed by atoms with Gasteiger partial charge in [-0.1, -0.05) is 5.16 Å². The smallest absolute Gasteiger partial charge is 0.437 e. The van der Waals surface area contributed by atoms with Gasteiger partial charge in [-0.05, 0) is 72.8 Å². The molecule has 0 aliphatic heterocycles. The van der Waals surface area contributed by atoms with Crippen LogP contribution in [0.4, 0.5) is 26.3 Å². The van der Waals surface area contributed by atoms with Crippen LogP contribution in [0, 0.1) is 5.41 Å². The normalized spacial score (nSPS) is 12.5. The number of hydrogen-bond acceptors (Lipinski definition) is 8. The van der Waals surface area contributed by atoms with Crippen LogP contribution < -0.4 is 14.2 Å². The molecular formula is C26H22F6N2O6S. The molecule has 0 fully saturated rings. The number of benzene rings is 3. The summed E-state index contributed by atoms with van der Waals surface area (Å²) >= 11 is 0. The lowest BCUT2D eigenvalue weighted by molar-refractivity contribution is -0.0602. The van der Waals surface area contributed by atoms with Crippen LogP contribution in [0.1, 0.15) is 17.5 Å². The van der Waals surface area contributed by atoms with E-state index in [0.29, 0.717) is 12.2 Å². The number of nitrogens with zero attached hydrogens (tertiary/aromatic N) is 1. The molecule has 0 spiro atoms. The first-order valence-electron chi connectivity index (χ1n) is 11.6. The SMILES string of the molecule is COc1ccc(S(=O)(=O)O/N=C(/c2ccc(OCCCOc3ccc(C(=N)C(F)(F)F)cc3)cc2)C(F)(F)F)cc1. The van der Waals surface area contributed by atoms with Gasteiger partial charge < -0.3 is 14.2 Å². The van der Waals surface area contributed by atoms with Crippen LogP contribution in [0.15, 0.2) is 82.8 Å². The van der Waals surface area contributed by atoms with Crippen molar-refractivity contribution in [1.29, 1.82) is 5.41 Å². The fourth-order valence-corrected chi connectivity index (χ4v) is 3.90. The van der Waals surface area contributed by atoms with Gasteiger partial charge in [0.25, 0.3) is 0 Å². The summed E-state index contributed by atoms with van der Waals surface area (Å²) in [4.78, 5) is -0.421. The first kappa shape index (κ1) is 31.3. The number of halogens is 6. The van der Waals surface area contributed by atoms with E-state index in [1.807, 2.05) is 0 Å². The summed E-state index contributed by atoms with van der Waals surface area (Å²) < 4.78 is 123. The van der Waals surface area contributed by atoms with Crippen molar-refractivity contribution in [2.24, 2.45) is 5.16 Å². The third kappa shape index (κ3) is 8.86. The van der Waals surface area contributed by atoms with Crippen LogP contribution in [0.25, 0.3) is 0 Å². The molecular weight excluding hydrogens is 582 g/mol. The Morgan fingerprint density at radius 2 is 1.20 bits per heavy atom. The fourth-order valence-electron chi connectivity index (χ4n) is 3.17. The van der Waals surface area contributed by atoms with E-state index in [2.05, 4.69) is 9.44 Å². The minimum atomic E-state index is -5.04. The summed E-state index contributed by atoms with van der Waals surface area (Å²) in [5.41, 5.74) is -3.82. The van der Waals surface area contributed by atoms with E-state index in [4.69, 9.17) is 19.6 Å². The molecule has 0 aliphatic rings. The van der Waals surface area contributed by atoms with Crippen LogP contribution in [0.3, 0.4) is 0 Å². The highest BCUT2D eigenvalue weighted by atomic mass is 32.2. The molecule has 0 atom stereocenters. The highest BCUT2D eigenvalue weighted by Gasteiger charge is 2.38. The molecule has 0 aromatic heterocycles. The maximum absolute atomic E-state index is 13.6. The van der Waals surface area contributed by atoms with Crippen molar-refractivity contribution in [1.82, 2.24) is 0 Å². The Labute approximate surface area is 230 Å². The minimum absolute atomic E-state index is 0.0968. The summed E-state index contributed by atoms with van der Waals surface area (Å²) in [6.45, 7) is 0.221. The zero-order valence-corrected chi connectivity index (χ0v) is 21.9. The fraction of sp³-hybridized carbons (Fsp3) is 0.231. The first-order valence-corrected chi connectivity index (χ1v) is 13.0. The predicted octanol–water partition coefficient (Wildman–Crippen LogP) is 6.15. The molecule has 0 aliphatic carbocycles. The maximum Gasteiger partial charge on any atom is 0.437 e. The minimum Gasteiger partial charge on any atom is -0.497 e. The van der Waals surface area contributed by atoms with E-state index in [0.717, 1.165) is 36.4 Å². The van der Waals surface area contributed by atoms with Crippen LogP contribution in [0.5, 0.6) is 17.2 Å². The standard InChI is InChI=1S/C26H22F6N2O6S/c1-37-19-11-13-22(14-12-19)41(35,36)40-34-24(26(30,31)32)18-5-9-21(10-6-18)39-16-2-15-38-20-7-3-17(4-8-20)23(33)25(27,28)29/h3-14,33H,2,15-16H2,1H3/b33-23?,34-24-. The topological polar surface area (TPSA) is 107 Å². The van der Waals surface area contributed by atoms with Gasteiger partial charge in [0.1, 0.15) is 27.9 Å². The van der Waals surface area contributed by atoms with Crippen LogP contribution in [-0.2, 0) is 14.4 Å². The van der Waals surface area contributed by atoms with Crippen LogP contribution in [-0.4, -0.2) is 52.5 Å². The molecule has 220 valence electrons. The van der Waals surface area contributed by atoms with E-state index in [9.17, 15) is 34.8 Å². The number of oxime groups is 1. The number of rotatable bonds is 12. The summed E-state index contributed by atoms with van der Waals surface area (Å²) in [6.07, 6.45) is -9.47. The number of alkyl halides is 6. The van der Waals surface area contributed by atoms with E-state index < -0.39 is 44.4 Å². The average Bonchev–Trinajstić information content (AvgIpc) is 2.92. The molecule has 3 aromatic rings. The lowest BCUT2D eigenvalue weighted by atomic mass is 10.1. The van der Waals surface area contributed by atoms with Gasteiger partial charge >= 0.3 is 22.5 Å². The third-order valence-electron chi connectivity index (χ3n) is 5.22. The molecule has 3 aromatic carbocycles. The number of hydrogen-bond donors (Lipinski definition) is 1. The lowest BCUT2D eigenvalue weighted by Crippen LogP contribution is -2.25. The summed E-state index contributed by atoms with van der Waals surface area (Å²) in [5.74, 6) is 0.819. The van der Waals surface area contributed by atoms with Gasteiger partial charge in [-0.15, -0.1) is 0 Å². The van der Waals surface area contributed by atoms with Crippen molar-refractivity contribution in [3.8, 4) is 17.2 Å². The molecule has 41 heavy (non-hydrogen) atoms. The number of ether oxygens (including phenoxy) is 3. The monoisotopic (exact) mass is 604 g/mol. The van der Waals surface area contributed by atoms with Crippen LogP contribution >= 0.6 is 0 Å². The molecule has 15 heteroatoms. The Morgan fingerprint density at radius 1 is 0.732 bits per heavy atom. The molecule has 0 saturated carbocycles. The summed E-state index contributed by atoms with van der Waals surface area (Å²) in [6, 6.07) is 14.1. The Kier molecular flexibility index (Phi) is 9.86. The molecule has 0 amide bonds. The highest BCUT2D eigenvalue weighted by Crippen LogP contribution is 2.26. The van der Waals surface area contributed by atoms with Gasteiger partial charge in [-0.3, -0.25) is 9.69 Å². The number of methoxy groups -OCH3 is 1. The van der Waals surface area contributed by atoms with Gasteiger partial charge in [0.15, 0.2) is 5.71 Å². The van der Waals surface area contributed by atoms with E-state index >= 15 is 0 Å². The highest BCUT2D eigenvalue weighted by molar-refractivity contribution is 7.86. The largest absolute Gasteiger partial charge is 0.497 e. The Bertz CT molecular complexity index is 1450. The quantitative estimate of drug-likeness (QED) is 0.115. The average molecular weight is 605 g/mol. The van der Waals surface area contributed by atoms with Gasteiger partial charge in [0, 0.05) is 17.5 Å². The van der Waals surface area contributed by atoms with Gasteiger partial charge in [-0.2, -0.15) is 34.8 Å². The van der Waals surface area contributed by atoms with Crippen molar-refractivity contribution in [2.45, 2.75) is 23.7 Å². The van der Waals surface area contributed by atoms with E-state index in [1.54, 1.807) is 0 Å². The molecule has 0 heterocycles. The van der Waals surface area contributed by atoms with Crippen molar-refractivity contribution in [3.63, 3.8) is 0 Å². The third-order valence-corrected chi connectivity index (χ3v) is 6.34. The second-order valence-corrected chi connectivity index (χ2v) is 9.64. The van der Waals surface area contributed by atoms with E-state index in [1.165, 1.54) is 43.5 Å². The molecule has 3 rings (SSSR count). The maximum atomic E-state index is 13.6. The Morgan fingerprint density at radius 3 is 1.63 bits per heavy atom. The molecule has 1 N–H and O–H groups in total. The lowest BCUT2D eigenvalue weighted by Gasteiger charge is -2.12. The van der Waals surface area contributed by atoms with Crippen LogP contribution in [0.2, 0.25) is 0 Å². The molecule has 0 bridgehead atoms. The molecule has 0 saturated heterocycles. The predicted molar refractivity (Wildman–Crippen MR) is 135 cm³/mol. The Hall–Kier alpha value is -4.27. The Balaban J connectivity index is 1.54. The van der Waals surface area contributed by atoms with E-state index in [-0.39, 0.29) is 30.3 Å². The summed E-state index contributed by atoms with van der Waals surface area (Å²) in [5, 5.41) is 9.98. The summed E-state index contributed by atoms with van der Waals surface area (Å²) in [7, 11) is -3.28. The van der Waals surface area contributed by atoms with Crippen molar-refractivity contribution in [3.05, 3.63) is 83.9 Å². The second kappa shape index (κ2) is 12.9. The second-order valence-electron chi connectivity index (χ2n) is 8.11. The molecule has 0 radical (unpaired) electrons. The van der Waals surface area contributed by atoms with Gasteiger partial charge in [0.2, 0.25) is 0 Å². The zero-order valence-electron chi connectivity index (χ0n) is 21.1. The van der Waals surface area contributed by atoms with Gasteiger partial charge in [0.05, 0.1) is 20.3 Å². The molecule has 0 unspecified atom stereocenters. The van der Waals surface area contributed by atoms with Crippen molar-refractivity contribution in [2.75, 3.05) is 20.3 Å².